The van der Waals surface area contributed by atoms with Crippen LogP contribution in [0.3, 0.4) is 0 Å². The van der Waals surface area contributed by atoms with Gasteiger partial charge in [-0.2, -0.15) is 0 Å². The quantitative estimate of drug-likeness (QED) is 0.413. The lowest BCUT2D eigenvalue weighted by Gasteiger charge is -2.32. The summed E-state index contributed by atoms with van der Waals surface area (Å²) in [5.41, 5.74) is 5.45. The molecule has 1 aromatic heterocycles. The molecule has 1 saturated heterocycles. The van der Waals surface area contributed by atoms with Gasteiger partial charge >= 0.3 is 0 Å². The van der Waals surface area contributed by atoms with E-state index in [0.717, 1.165) is 38.6 Å². The van der Waals surface area contributed by atoms with Crippen molar-refractivity contribution in [1.82, 2.24) is 4.98 Å². The first-order valence-electron chi connectivity index (χ1n) is 11.0. The number of rotatable bonds is 5. The first-order valence-corrected chi connectivity index (χ1v) is 13.8. The number of nitrogens with zero attached hydrogens (tertiary/aromatic N) is 2. The lowest BCUT2D eigenvalue weighted by atomic mass is 10.0. The molecule has 1 aliphatic heterocycles. The summed E-state index contributed by atoms with van der Waals surface area (Å²) in [7, 11) is -3.41. The summed E-state index contributed by atoms with van der Waals surface area (Å²) in [5.74, 6) is -0.429. The van der Waals surface area contributed by atoms with Crippen LogP contribution in [-0.2, 0) is 16.3 Å². The van der Waals surface area contributed by atoms with Crippen LogP contribution in [0.5, 0.6) is 0 Å². The van der Waals surface area contributed by atoms with Gasteiger partial charge in [0.15, 0.2) is 15.0 Å². The number of benzene rings is 2. The number of hydrogen-bond donors (Lipinski definition) is 0. The van der Waals surface area contributed by atoms with Gasteiger partial charge in [0.25, 0.3) is 0 Å². The number of hydrogen-bond acceptors (Lipinski definition) is 5. The van der Waals surface area contributed by atoms with Gasteiger partial charge in [-0.05, 0) is 80.5 Å². The maximum atomic E-state index is 13.7. The number of sulfone groups is 1. The highest BCUT2D eigenvalue weighted by Gasteiger charge is 2.34. The Morgan fingerprint density at radius 3 is 2.33 bits per heavy atom. The normalized spacial score (nSPS) is 15.3. The molecule has 0 aliphatic carbocycles. The second-order valence-electron chi connectivity index (χ2n) is 8.87. The van der Waals surface area contributed by atoms with Crippen molar-refractivity contribution >= 4 is 37.9 Å². The molecule has 0 atom stereocenters. The standard InChI is InChI=1S/C25H28ClFN2O2S2/c1-15-11-16(2)18(4)24(17(15)3)33(30,31)21-7-9-29(10-8-21)25-28-20(14-32-25)12-19-5-6-22(26)23(27)13-19/h5-6,11,13-14,21H,7-10,12H2,1-4H3. The molecule has 0 bridgehead atoms. The molecule has 8 heteroatoms. The third-order valence-electron chi connectivity index (χ3n) is 6.64. The fraction of sp³-hybridized carbons (Fsp3) is 0.400. The van der Waals surface area contributed by atoms with Crippen LogP contribution in [-0.4, -0.2) is 31.7 Å². The maximum Gasteiger partial charge on any atom is 0.185 e. The summed E-state index contributed by atoms with van der Waals surface area (Å²) in [6, 6.07) is 6.86. The lowest BCUT2D eigenvalue weighted by molar-refractivity contribution is 0.528. The van der Waals surface area contributed by atoms with Crippen molar-refractivity contribution in [3.05, 3.63) is 74.0 Å². The third-order valence-corrected chi connectivity index (χ3v) is 10.4. The van der Waals surface area contributed by atoms with Gasteiger partial charge in [-0.3, -0.25) is 0 Å². The highest BCUT2D eigenvalue weighted by Crippen LogP contribution is 2.34. The summed E-state index contributed by atoms with van der Waals surface area (Å²) in [6.07, 6.45) is 1.68. The van der Waals surface area contributed by atoms with Crippen LogP contribution in [0.25, 0.3) is 0 Å². The molecular formula is C25H28ClFN2O2S2. The summed E-state index contributed by atoms with van der Waals surface area (Å²) in [6.45, 7) is 9.06. The van der Waals surface area contributed by atoms with Gasteiger partial charge in [0.1, 0.15) is 5.82 Å². The molecule has 4 nitrogen and oxygen atoms in total. The van der Waals surface area contributed by atoms with Crippen molar-refractivity contribution < 1.29 is 12.8 Å². The van der Waals surface area contributed by atoms with Crippen LogP contribution in [0.2, 0.25) is 5.02 Å². The Hall–Kier alpha value is -1.96. The molecule has 4 rings (SSSR count). The fourth-order valence-corrected chi connectivity index (χ4v) is 7.85. The zero-order chi connectivity index (χ0) is 23.9. The van der Waals surface area contributed by atoms with Crippen molar-refractivity contribution in [3.63, 3.8) is 0 Å². The van der Waals surface area contributed by atoms with Crippen LogP contribution in [0.1, 0.15) is 46.4 Å². The molecule has 2 aromatic carbocycles. The van der Waals surface area contributed by atoms with Crippen molar-refractivity contribution in [2.24, 2.45) is 0 Å². The van der Waals surface area contributed by atoms with Gasteiger partial charge in [0.05, 0.1) is 20.9 Å². The van der Waals surface area contributed by atoms with Crippen molar-refractivity contribution in [2.75, 3.05) is 18.0 Å². The Morgan fingerprint density at radius 1 is 1.09 bits per heavy atom. The van der Waals surface area contributed by atoms with Crippen LogP contribution >= 0.6 is 22.9 Å². The first-order chi connectivity index (χ1) is 15.6. The van der Waals surface area contributed by atoms with E-state index in [0.29, 0.717) is 37.2 Å². The number of thiazole rings is 1. The smallest absolute Gasteiger partial charge is 0.185 e. The van der Waals surface area contributed by atoms with Gasteiger partial charge in [0.2, 0.25) is 0 Å². The predicted molar refractivity (Wildman–Crippen MR) is 134 cm³/mol. The zero-order valence-corrected chi connectivity index (χ0v) is 21.7. The minimum atomic E-state index is -3.41. The van der Waals surface area contributed by atoms with E-state index in [-0.39, 0.29) is 10.3 Å². The monoisotopic (exact) mass is 506 g/mol. The van der Waals surface area contributed by atoms with Crippen LogP contribution in [0.4, 0.5) is 9.52 Å². The summed E-state index contributed by atoms with van der Waals surface area (Å²) in [4.78, 5) is 7.39. The van der Waals surface area contributed by atoms with E-state index >= 15 is 0 Å². The van der Waals surface area contributed by atoms with E-state index in [1.165, 1.54) is 6.07 Å². The molecule has 3 aromatic rings. The van der Waals surface area contributed by atoms with Crippen LogP contribution < -0.4 is 4.90 Å². The van der Waals surface area contributed by atoms with Gasteiger partial charge < -0.3 is 4.90 Å². The second kappa shape index (κ2) is 9.35. The highest BCUT2D eigenvalue weighted by molar-refractivity contribution is 7.92. The number of anilines is 1. The van der Waals surface area contributed by atoms with Crippen molar-refractivity contribution in [3.8, 4) is 0 Å². The van der Waals surface area contributed by atoms with E-state index in [2.05, 4.69) is 11.0 Å². The van der Waals surface area contributed by atoms with E-state index in [4.69, 9.17) is 16.6 Å². The summed E-state index contributed by atoms with van der Waals surface area (Å²) < 4.78 is 40.8. The molecule has 0 radical (unpaired) electrons. The van der Waals surface area contributed by atoms with Gasteiger partial charge in [-0.25, -0.2) is 17.8 Å². The molecular weight excluding hydrogens is 479 g/mol. The fourth-order valence-electron chi connectivity index (χ4n) is 4.51. The minimum Gasteiger partial charge on any atom is -0.348 e. The van der Waals surface area contributed by atoms with Gasteiger partial charge in [0, 0.05) is 24.9 Å². The van der Waals surface area contributed by atoms with E-state index in [9.17, 15) is 12.8 Å². The number of aromatic nitrogens is 1. The second-order valence-corrected chi connectivity index (χ2v) is 12.3. The molecule has 1 aliphatic rings. The maximum absolute atomic E-state index is 13.7. The summed E-state index contributed by atoms with van der Waals surface area (Å²) >= 11 is 7.31. The minimum absolute atomic E-state index is 0.113. The van der Waals surface area contributed by atoms with Crippen molar-refractivity contribution in [2.45, 2.75) is 57.1 Å². The SMILES string of the molecule is Cc1cc(C)c(C)c(S(=O)(=O)C2CCN(c3nc(Cc4ccc(Cl)c(F)c4)cs3)CC2)c1C. The van der Waals surface area contributed by atoms with E-state index in [1.807, 2.05) is 33.1 Å². The van der Waals surface area contributed by atoms with Gasteiger partial charge in [-0.1, -0.05) is 23.7 Å². The molecule has 1 fully saturated rings. The van der Waals surface area contributed by atoms with E-state index < -0.39 is 15.7 Å². The van der Waals surface area contributed by atoms with E-state index in [1.54, 1.807) is 23.5 Å². The van der Waals surface area contributed by atoms with Gasteiger partial charge in [-0.15, -0.1) is 11.3 Å². The Balaban J connectivity index is 1.46. The molecule has 2 heterocycles. The lowest BCUT2D eigenvalue weighted by Crippen LogP contribution is -2.39. The largest absolute Gasteiger partial charge is 0.348 e. The zero-order valence-electron chi connectivity index (χ0n) is 19.3. The van der Waals surface area contributed by atoms with Crippen LogP contribution in [0, 0.1) is 33.5 Å². The summed E-state index contributed by atoms with van der Waals surface area (Å²) in [5, 5.41) is 2.59. The molecule has 176 valence electrons. The predicted octanol–water partition coefficient (Wildman–Crippen LogP) is 6.20. The average molecular weight is 507 g/mol. The molecule has 0 unspecified atom stereocenters. The number of aryl methyl sites for hydroxylation is 2. The first kappa shape index (κ1) is 24.2. The molecule has 33 heavy (non-hydrogen) atoms. The third kappa shape index (κ3) is 4.81. The van der Waals surface area contributed by atoms with Crippen LogP contribution in [0.15, 0.2) is 34.5 Å². The van der Waals surface area contributed by atoms with Crippen molar-refractivity contribution in [1.29, 1.82) is 0 Å². The average Bonchev–Trinajstić information content (AvgIpc) is 3.23. The Labute approximate surface area is 204 Å². The molecule has 0 amide bonds. The number of piperidine rings is 1. The molecule has 0 spiro atoms. The molecule has 0 saturated carbocycles. The highest BCUT2D eigenvalue weighted by atomic mass is 35.5. The topological polar surface area (TPSA) is 50.3 Å². The molecule has 0 N–H and O–H groups in total. The Kier molecular flexibility index (Phi) is 6.85. The number of halogens is 2. The Morgan fingerprint density at radius 2 is 1.73 bits per heavy atom. The Bertz CT molecular complexity index is 1270.